The number of thiazole rings is 1. The summed E-state index contributed by atoms with van der Waals surface area (Å²) in [5.74, 6) is -0.595. The van der Waals surface area contributed by atoms with Gasteiger partial charge in [0.2, 0.25) is 0 Å². The molecule has 3 aromatic rings. The quantitative estimate of drug-likeness (QED) is 0.464. The average Bonchev–Trinajstić information content (AvgIpc) is 3.17. The molecule has 0 fully saturated rings. The first-order chi connectivity index (χ1) is 17.3. The van der Waals surface area contributed by atoms with Crippen molar-refractivity contribution < 1.29 is 28.9 Å². The minimum absolute atomic E-state index is 0.192. The molecule has 1 atom stereocenters. The molecule has 4 rings (SSSR count). The van der Waals surface area contributed by atoms with Gasteiger partial charge in [0.1, 0.15) is 11.5 Å². The number of aromatic nitrogens is 1. The summed E-state index contributed by atoms with van der Waals surface area (Å²) in [7, 11) is 1.55. The highest BCUT2D eigenvalue weighted by Gasteiger charge is 2.33. The van der Waals surface area contributed by atoms with Gasteiger partial charge in [-0.15, -0.1) is 0 Å². The van der Waals surface area contributed by atoms with Gasteiger partial charge in [0, 0.05) is 0 Å². The number of methoxy groups -OCH3 is 1. The number of rotatable bonds is 8. The number of carbonyl (C=O) groups excluding carboxylic acids is 1. The van der Waals surface area contributed by atoms with Gasteiger partial charge in [0.25, 0.3) is 5.56 Å². The van der Waals surface area contributed by atoms with Crippen molar-refractivity contribution in [1.29, 1.82) is 0 Å². The Kier molecular flexibility index (Phi) is 7.35. The van der Waals surface area contributed by atoms with Crippen LogP contribution < -0.4 is 24.4 Å². The molecule has 36 heavy (non-hydrogen) atoms. The number of allylic oxidation sites excluding steroid dienone is 1. The van der Waals surface area contributed by atoms with Crippen LogP contribution in [0.3, 0.4) is 0 Å². The van der Waals surface area contributed by atoms with Crippen LogP contribution in [0.15, 0.2) is 69.6 Å². The second kappa shape index (κ2) is 10.6. The molecule has 2 aromatic carbocycles. The highest BCUT2D eigenvalue weighted by molar-refractivity contribution is 7.07. The summed E-state index contributed by atoms with van der Waals surface area (Å²) >= 11 is 1.22. The Bertz CT molecular complexity index is 1520. The van der Waals surface area contributed by atoms with Crippen molar-refractivity contribution in [3.63, 3.8) is 0 Å². The van der Waals surface area contributed by atoms with Gasteiger partial charge in [-0.05, 0) is 55.3 Å². The van der Waals surface area contributed by atoms with Gasteiger partial charge in [-0.1, -0.05) is 35.6 Å². The highest BCUT2D eigenvalue weighted by Crippen LogP contribution is 2.32. The third-order valence-corrected chi connectivity index (χ3v) is 6.45. The van der Waals surface area contributed by atoms with E-state index in [9.17, 15) is 14.4 Å². The molecule has 1 aromatic heterocycles. The van der Waals surface area contributed by atoms with Crippen molar-refractivity contribution in [3.05, 3.63) is 90.6 Å². The molecule has 9 nitrogen and oxygen atoms in total. The summed E-state index contributed by atoms with van der Waals surface area (Å²) < 4.78 is 17.8. The SMILES string of the molecule is CCOC(=O)C1=C(C)N=c2s/c(=C/c3ccc(OCC(=O)O)cc3)c(=O)n2[C@@H]1c1cccc(OC)c1. The van der Waals surface area contributed by atoms with Crippen molar-refractivity contribution in [2.24, 2.45) is 4.99 Å². The lowest BCUT2D eigenvalue weighted by atomic mass is 9.95. The number of carboxylic acid groups (broad SMARTS) is 1. The summed E-state index contributed by atoms with van der Waals surface area (Å²) in [5, 5.41) is 8.75. The topological polar surface area (TPSA) is 116 Å². The van der Waals surface area contributed by atoms with Gasteiger partial charge in [-0.2, -0.15) is 0 Å². The third-order valence-electron chi connectivity index (χ3n) is 5.47. The molecular weight excluding hydrogens is 484 g/mol. The standard InChI is InChI=1S/C26H24N2O7S/c1-4-34-25(32)22-15(2)27-26-28(23(22)17-6-5-7-19(13-17)33-3)24(31)20(36-26)12-16-8-10-18(11-9-16)35-14-21(29)30/h5-13,23H,4,14H2,1-3H3,(H,29,30)/b20-12+/t23-/m1/s1. The van der Waals surface area contributed by atoms with Crippen molar-refractivity contribution in [1.82, 2.24) is 4.57 Å². The zero-order valence-corrected chi connectivity index (χ0v) is 20.7. The molecule has 1 aliphatic heterocycles. The molecule has 2 heterocycles. The van der Waals surface area contributed by atoms with Gasteiger partial charge in [0.05, 0.1) is 35.6 Å². The molecule has 0 radical (unpaired) electrons. The van der Waals surface area contributed by atoms with E-state index in [4.69, 9.17) is 19.3 Å². The van der Waals surface area contributed by atoms with Crippen LogP contribution in [0.1, 0.15) is 31.0 Å². The monoisotopic (exact) mass is 508 g/mol. The molecule has 0 bridgehead atoms. The average molecular weight is 509 g/mol. The molecule has 0 aliphatic carbocycles. The maximum atomic E-state index is 13.6. The molecule has 0 unspecified atom stereocenters. The van der Waals surface area contributed by atoms with Crippen LogP contribution in [-0.2, 0) is 14.3 Å². The first kappa shape index (κ1) is 24.9. The largest absolute Gasteiger partial charge is 0.497 e. The second-order valence-electron chi connectivity index (χ2n) is 7.83. The van der Waals surface area contributed by atoms with Gasteiger partial charge < -0.3 is 19.3 Å². The first-order valence-electron chi connectivity index (χ1n) is 11.1. The Labute approximate surface area is 210 Å². The van der Waals surface area contributed by atoms with E-state index in [2.05, 4.69) is 4.99 Å². The fourth-order valence-electron chi connectivity index (χ4n) is 3.88. The fraction of sp³-hybridized carbons (Fsp3) is 0.231. The summed E-state index contributed by atoms with van der Waals surface area (Å²) in [5.41, 5.74) is 1.89. The van der Waals surface area contributed by atoms with Crippen LogP contribution in [0, 0.1) is 0 Å². The summed E-state index contributed by atoms with van der Waals surface area (Å²) in [4.78, 5) is 42.3. The summed E-state index contributed by atoms with van der Waals surface area (Å²) in [6, 6.07) is 13.2. The number of hydrogen-bond donors (Lipinski definition) is 1. The van der Waals surface area contributed by atoms with Gasteiger partial charge in [0.15, 0.2) is 11.4 Å². The lowest BCUT2D eigenvalue weighted by molar-refractivity contribution is -0.140. The van der Waals surface area contributed by atoms with Gasteiger partial charge in [-0.3, -0.25) is 9.36 Å². The van der Waals surface area contributed by atoms with E-state index in [0.29, 0.717) is 37.7 Å². The fourth-order valence-corrected chi connectivity index (χ4v) is 4.92. The Balaban J connectivity index is 1.82. The number of esters is 1. The van der Waals surface area contributed by atoms with Crippen LogP contribution in [-0.4, -0.2) is 41.9 Å². The molecule has 1 N–H and O–H groups in total. The minimum Gasteiger partial charge on any atom is -0.497 e. The molecular formula is C26H24N2O7S. The van der Waals surface area contributed by atoms with Crippen molar-refractivity contribution >= 4 is 29.4 Å². The number of carbonyl (C=O) groups is 2. The molecule has 0 spiro atoms. The Morgan fingerprint density at radius 2 is 1.92 bits per heavy atom. The second-order valence-corrected chi connectivity index (χ2v) is 8.84. The number of nitrogens with zero attached hydrogens (tertiary/aromatic N) is 2. The molecule has 0 saturated heterocycles. The van der Waals surface area contributed by atoms with Crippen LogP contribution >= 0.6 is 11.3 Å². The van der Waals surface area contributed by atoms with Crippen molar-refractivity contribution in [3.8, 4) is 11.5 Å². The number of carboxylic acids is 1. The van der Waals surface area contributed by atoms with E-state index in [1.54, 1.807) is 69.5 Å². The lowest BCUT2D eigenvalue weighted by Crippen LogP contribution is -2.39. The van der Waals surface area contributed by atoms with Gasteiger partial charge >= 0.3 is 11.9 Å². The van der Waals surface area contributed by atoms with Crippen molar-refractivity contribution in [2.45, 2.75) is 19.9 Å². The zero-order chi connectivity index (χ0) is 25.8. The van der Waals surface area contributed by atoms with Gasteiger partial charge in [-0.25, -0.2) is 14.6 Å². The van der Waals surface area contributed by atoms with Crippen molar-refractivity contribution in [2.75, 3.05) is 20.3 Å². The Morgan fingerprint density at radius 3 is 2.58 bits per heavy atom. The molecule has 0 saturated carbocycles. The van der Waals surface area contributed by atoms with Crippen LogP contribution in [0.5, 0.6) is 11.5 Å². The van der Waals surface area contributed by atoms with E-state index < -0.39 is 24.6 Å². The van der Waals surface area contributed by atoms with E-state index in [0.717, 1.165) is 5.56 Å². The van der Waals surface area contributed by atoms with Crippen LogP contribution in [0.2, 0.25) is 0 Å². The van der Waals surface area contributed by atoms with E-state index in [-0.39, 0.29) is 12.2 Å². The number of hydrogen-bond acceptors (Lipinski definition) is 8. The Hall–Kier alpha value is -4.18. The lowest BCUT2D eigenvalue weighted by Gasteiger charge is -2.25. The highest BCUT2D eigenvalue weighted by atomic mass is 32.1. The smallest absolute Gasteiger partial charge is 0.341 e. The molecule has 1 aliphatic rings. The minimum atomic E-state index is -1.07. The maximum Gasteiger partial charge on any atom is 0.341 e. The third kappa shape index (κ3) is 5.08. The van der Waals surface area contributed by atoms with Crippen LogP contribution in [0.25, 0.3) is 6.08 Å². The Morgan fingerprint density at radius 1 is 1.17 bits per heavy atom. The number of fused-ring (bicyclic) bond motifs is 1. The van der Waals surface area contributed by atoms with E-state index in [1.165, 1.54) is 15.9 Å². The molecule has 0 amide bonds. The predicted molar refractivity (Wildman–Crippen MR) is 133 cm³/mol. The summed E-state index contributed by atoms with van der Waals surface area (Å²) in [6.07, 6.45) is 1.72. The van der Waals surface area contributed by atoms with Crippen LogP contribution in [0.4, 0.5) is 0 Å². The zero-order valence-electron chi connectivity index (χ0n) is 19.9. The molecule has 10 heteroatoms. The number of ether oxygens (including phenoxy) is 3. The van der Waals surface area contributed by atoms with E-state index >= 15 is 0 Å². The van der Waals surface area contributed by atoms with E-state index in [1.807, 2.05) is 6.07 Å². The maximum absolute atomic E-state index is 13.6. The molecule has 186 valence electrons. The number of aliphatic carboxylic acids is 1. The first-order valence-corrected chi connectivity index (χ1v) is 11.9. The predicted octanol–water partition coefficient (Wildman–Crippen LogP) is 2.27. The number of benzene rings is 2. The summed E-state index contributed by atoms with van der Waals surface area (Å²) in [6.45, 7) is 3.20. The normalized spacial score (nSPS) is 15.2.